The van der Waals surface area contributed by atoms with Crippen LogP contribution in [0, 0.1) is 17.0 Å². The highest BCUT2D eigenvalue weighted by Gasteiger charge is 2.23. The maximum absolute atomic E-state index is 10.9. The first-order chi connectivity index (χ1) is 8.47. The van der Waals surface area contributed by atoms with Crippen LogP contribution in [0.4, 0.5) is 5.69 Å². The molecule has 0 aliphatic carbocycles. The number of aliphatic hydroxyl groups is 1. The molecule has 0 aliphatic heterocycles. The van der Waals surface area contributed by atoms with Gasteiger partial charge < -0.3 is 9.52 Å². The van der Waals surface area contributed by atoms with Gasteiger partial charge in [-0.25, -0.2) is 0 Å². The molecule has 1 N–H and O–H groups in total. The smallest absolute Gasteiger partial charge is 0.294 e. The summed E-state index contributed by atoms with van der Waals surface area (Å²) in [5.41, 5.74) is -0.0586. The molecule has 0 aromatic carbocycles. The Morgan fingerprint density at radius 3 is 2.83 bits per heavy atom. The number of aryl methyl sites for hydroxylation is 1. The zero-order chi connectivity index (χ0) is 13.3. The van der Waals surface area contributed by atoms with E-state index < -0.39 is 11.0 Å². The quantitative estimate of drug-likeness (QED) is 0.680. The third-order valence-corrected chi connectivity index (χ3v) is 4.32. The molecule has 2 heterocycles. The molecule has 2 aromatic heterocycles. The summed E-state index contributed by atoms with van der Waals surface area (Å²) in [5.74, 6) is 0.396. The van der Waals surface area contributed by atoms with Crippen molar-refractivity contribution in [1.29, 1.82) is 0 Å². The lowest BCUT2D eigenvalue weighted by Crippen LogP contribution is -1.87. The molecular formula is C9H9N3O4S2. The van der Waals surface area contributed by atoms with Crippen molar-refractivity contribution >= 4 is 28.8 Å². The number of thiophene rings is 1. The molecule has 0 amide bonds. The van der Waals surface area contributed by atoms with Gasteiger partial charge in [0.15, 0.2) is 0 Å². The third-order valence-electron chi connectivity index (χ3n) is 1.99. The molecule has 1 atom stereocenters. The monoisotopic (exact) mass is 287 g/mol. The Hall–Kier alpha value is -1.45. The van der Waals surface area contributed by atoms with Crippen LogP contribution in [0.2, 0.25) is 0 Å². The van der Waals surface area contributed by atoms with Crippen molar-refractivity contribution in [3.63, 3.8) is 0 Å². The van der Waals surface area contributed by atoms with Crippen molar-refractivity contribution in [2.75, 3.05) is 0 Å². The molecule has 2 aromatic rings. The van der Waals surface area contributed by atoms with Crippen molar-refractivity contribution in [3.05, 3.63) is 26.9 Å². The maximum atomic E-state index is 10.9. The Bertz CT molecular complexity index is 578. The Morgan fingerprint density at radius 2 is 2.33 bits per heavy atom. The van der Waals surface area contributed by atoms with Crippen molar-refractivity contribution < 1.29 is 14.4 Å². The fraction of sp³-hybridized carbons (Fsp3) is 0.333. The summed E-state index contributed by atoms with van der Waals surface area (Å²) in [7, 11) is 0. The first kappa shape index (κ1) is 13.0. The van der Waals surface area contributed by atoms with Gasteiger partial charge >= 0.3 is 0 Å². The summed E-state index contributed by atoms with van der Waals surface area (Å²) in [4.78, 5) is 10.9. The zero-order valence-corrected chi connectivity index (χ0v) is 11.1. The second-order valence-electron chi connectivity index (χ2n) is 3.44. The predicted molar refractivity (Wildman–Crippen MR) is 64.8 cm³/mol. The van der Waals surface area contributed by atoms with E-state index in [1.807, 2.05) is 0 Å². The Morgan fingerprint density at radius 1 is 1.61 bits per heavy atom. The van der Waals surface area contributed by atoms with Crippen LogP contribution in [0.3, 0.4) is 0 Å². The molecule has 0 fully saturated rings. The predicted octanol–water partition coefficient (Wildman–Crippen LogP) is 2.55. The van der Waals surface area contributed by atoms with E-state index in [1.54, 1.807) is 13.8 Å². The number of aromatic nitrogens is 2. The number of hydrogen-bond acceptors (Lipinski definition) is 8. The molecule has 18 heavy (non-hydrogen) atoms. The van der Waals surface area contributed by atoms with Gasteiger partial charge in [-0.2, -0.15) is 0 Å². The summed E-state index contributed by atoms with van der Waals surface area (Å²) in [5, 5.41) is 28.0. The fourth-order valence-electron chi connectivity index (χ4n) is 1.19. The highest BCUT2D eigenvalue weighted by atomic mass is 32.2. The molecular weight excluding hydrogens is 278 g/mol. The number of nitro groups is 1. The van der Waals surface area contributed by atoms with Crippen molar-refractivity contribution in [1.82, 2.24) is 10.2 Å². The van der Waals surface area contributed by atoms with Gasteiger partial charge in [-0.3, -0.25) is 10.1 Å². The highest BCUT2D eigenvalue weighted by molar-refractivity contribution is 8.01. The Kier molecular flexibility index (Phi) is 3.64. The van der Waals surface area contributed by atoms with Gasteiger partial charge in [0.05, 0.1) is 11.0 Å². The molecule has 0 aliphatic rings. The molecule has 0 radical (unpaired) electrons. The van der Waals surface area contributed by atoms with E-state index >= 15 is 0 Å². The number of rotatable bonds is 4. The highest BCUT2D eigenvalue weighted by Crippen LogP contribution is 2.42. The second kappa shape index (κ2) is 5.04. The Labute approximate surface area is 110 Å². The number of aliphatic hydroxyl groups excluding tert-OH is 1. The standard InChI is InChI=1S/C9H9N3O4S2/c1-4(13)7-3-6(12(14)15)8(17-7)18-9-11-10-5(2)16-9/h3-4,13H,1-2H3. The third kappa shape index (κ3) is 2.68. The van der Waals surface area contributed by atoms with Crippen molar-refractivity contribution in [2.24, 2.45) is 0 Å². The molecule has 0 spiro atoms. The molecule has 7 nitrogen and oxygen atoms in total. The minimum atomic E-state index is -0.743. The van der Waals surface area contributed by atoms with Crippen LogP contribution in [-0.4, -0.2) is 20.2 Å². The normalized spacial score (nSPS) is 12.6. The maximum Gasteiger partial charge on any atom is 0.294 e. The van der Waals surface area contributed by atoms with E-state index in [4.69, 9.17) is 4.42 Å². The Balaban J connectivity index is 2.33. The lowest BCUT2D eigenvalue weighted by molar-refractivity contribution is -0.387. The second-order valence-corrected chi connectivity index (χ2v) is 5.75. The molecule has 1 unspecified atom stereocenters. The zero-order valence-electron chi connectivity index (χ0n) is 9.48. The van der Waals surface area contributed by atoms with Crippen molar-refractivity contribution in [2.45, 2.75) is 29.4 Å². The van der Waals surface area contributed by atoms with Gasteiger partial charge in [0.25, 0.3) is 10.9 Å². The largest absolute Gasteiger partial charge is 0.416 e. The van der Waals surface area contributed by atoms with E-state index in [0.29, 0.717) is 15.0 Å². The SMILES string of the molecule is Cc1nnc(Sc2sc(C(C)O)cc2[N+](=O)[O-])o1. The van der Waals surface area contributed by atoms with E-state index in [2.05, 4.69) is 10.2 Å². The van der Waals surface area contributed by atoms with Gasteiger partial charge in [-0.1, -0.05) is 0 Å². The summed E-state index contributed by atoms with van der Waals surface area (Å²) in [6, 6.07) is 1.36. The molecule has 96 valence electrons. The van der Waals surface area contributed by atoms with Gasteiger partial charge in [0, 0.05) is 17.9 Å². The van der Waals surface area contributed by atoms with E-state index in [-0.39, 0.29) is 10.9 Å². The lowest BCUT2D eigenvalue weighted by Gasteiger charge is -1.95. The molecule has 0 saturated heterocycles. The molecule has 0 bridgehead atoms. The molecule has 0 saturated carbocycles. The first-order valence-electron chi connectivity index (χ1n) is 4.91. The van der Waals surface area contributed by atoms with E-state index in [1.165, 1.54) is 6.07 Å². The fourth-order valence-corrected chi connectivity index (χ4v) is 3.29. The van der Waals surface area contributed by atoms with Crippen molar-refractivity contribution in [3.8, 4) is 0 Å². The average molecular weight is 287 g/mol. The minimum absolute atomic E-state index is 0.0586. The van der Waals surface area contributed by atoms with Crippen LogP contribution in [0.5, 0.6) is 0 Å². The summed E-state index contributed by atoms with van der Waals surface area (Å²) >= 11 is 2.17. The van der Waals surface area contributed by atoms with E-state index in [0.717, 1.165) is 23.1 Å². The lowest BCUT2D eigenvalue weighted by atomic mass is 10.3. The van der Waals surface area contributed by atoms with Crippen LogP contribution in [-0.2, 0) is 0 Å². The van der Waals surface area contributed by atoms with Gasteiger partial charge in [0.1, 0.15) is 4.21 Å². The minimum Gasteiger partial charge on any atom is -0.416 e. The summed E-state index contributed by atoms with van der Waals surface area (Å²) in [6.07, 6.45) is -0.743. The van der Waals surface area contributed by atoms with E-state index in [9.17, 15) is 15.2 Å². The van der Waals surface area contributed by atoms with Crippen LogP contribution in [0.25, 0.3) is 0 Å². The molecule has 2 rings (SSSR count). The summed E-state index contributed by atoms with van der Waals surface area (Å²) in [6.45, 7) is 3.20. The van der Waals surface area contributed by atoms with Gasteiger partial charge in [-0.15, -0.1) is 21.5 Å². The first-order valence-corrected chi connectivity index (χ1v) is 6.55. The van der Waals surface area contributed by atoms with Crippen LogP contribution < -0.4 is 0 Å². The average Bonchev–Trinajstić information content (AvgIpc) is 2.85. The molecule has 9 heteroatoms. The van der Waals surface area contributed by atoms with Gasteiger partial charge in [-0.05, 0) is 18.7 Å². The number of hydrogen-bond donors (Lipinski definition) is 1. The van der Waals surface area contributed by atoms with Crippen LogP contribution in [0.15, 0.2) is 19.9 Å². The number of nitrogens with zero attached hydrogens (tertiary/aromatic N) is 3. The summed E-state index contributed by atoms with van der Waals surface area (Å²) < 4.78 is 5.57. The van der Waals surface area contributed by atoms with Gasteiger partial charge in [0.2, 0.25) is 5.89 Å². The topological polar surface area (TPSA) is 102 Å². The van der Waals surface area contributed by atoms with Crippen LogP contribution in [0.1, 0.15) is 23.8 Å². The van der Waals surface area contributed by atoms with Crippen LogP contribution >= 0.6 is 23.1 Å².